The van der Waals surface area contributed by atoms with Gasteiger partial charge in [0.05, 0.1) is 6.54 Å². The lowest BCUT2D eigenvalue weighted by Gasteiger charge is -2.21. The average Bonchev–Trinajstić information content (AvgIpc) is 2.41. The van der Waals surface area contributed by atoms with Gasteiger partial charge in [0.2, 0.25) is 0 Å². The summed E-state index contributed by atoms with van der Waals surface area (Å²) in [5, 5.41) is 0. The van der Waals surface area contributed by atoms with Crippen LogP contribution in [-0.4, -0.2) is 29.9 Å². The molecule has 2 rings (SSSR count). The standard InChI is InChI=1S/C9H16N2/c1-7(2)9-10-6-8-4-3-5-11(8)9/h7-8H,3-6H2,1-2H3. The molecule has 2 aliphatic heterocycles. The number of fused-ring (bicyclic) bond motifs is 1. The third kappa shape index (κ3) is 1.05. The van der Waals surface area contributed by atoms with Gasteiger partial charge in [-0.15, -0.1) is 0 Å². The molecule has 0 N–H and O–H groups in total. The first-order valence-corrected chi connectivity index (χ1v) is 4.60. The van der Waals surface area contributed by atoms with Gasteiger partial charge in [-0.05, 0) is 12.8 Å². The second-order valence-corrected chi connectivity index (χ2v) is 3.84. The molecule has 11 heavy (non-hydrogen) atoms. The zero-order valence-electron chi connectivity index (χ0n) is 7.38. The van der Waals surface area contributed by atoms with Gasteiger partial charge < -0.3 is 4.90 Å². The summed E-state index contributed by atoms with van der Waals surface area (Å²) in [6.45, 7) is 6.79. The summed E-state index contributed by atoms with van der Waals surface area (Å²) < 4.78 is 0. The molecule has 0 aliphatic carbocycles. The van der Waals surface area contributed by atoms with E-state index in [2.05, 4.69) is 23.7 Å². The van der Waals surface area contributed by atoms with E-state index in [-0.39, 0.29) is 0 Å². The lowest BCUT2D eigenvalue weighted by molar-refractivity contribution is 0.415. The van der Waals surface area contributed by atoms with E-state index < -0.39 is 0 Å². The van der Waals surface area contributed by atoms with Crippen molar-refractivity contribution in [3.8, 4) is 0 Å². The van der Waals surface area contributed by atoms with Crippen LogP contribution in [0.2, 0.25) is 0 Å². The molecule has 2 nitrogen and oxygen atoms in total. The van der Waals surface area contributed by atoms with Crippen LogP contribution in [0.25, 0.3) is 0 Å². The van der Waals surface area contributed by atoms with E-state index in [0.717, 1.165) is 12.6 Å². The largest absolute Gasteiger partial charge is 0.355 e. The maximum Gasteiger partial charge on any atom is 0.102 e. The summed E-state index contributed by atoms with van der Waals surface area (Å²) in [5.74, 6) is 1.98. The predicted molar refractivity (Wildman–Crippen MR) is 46.9 cm³/mol. The van der Waals surface area contributed by atoms with Crippen LogP contribution in [0, 0.1) is 5.92 Å². The van der Waals surface area contributed by atoms with Crippen LogP contribution in [0.5, 0.6) is 0 Å². The molecule has 1 fully saturated rings. The number of rotatable bonds is 1. The lowest BCUT2D eigenvalue weighted by Crippen LogP contribution is -2.33. The summed E-state index contributed by atoms with van der Waals surface area (Å²) >= 11 is 0. The van der Waals surface area contributed by atoms with Gasteiger partial charge in [0.15, 0.2) is 0 Å². The highest BCUT2D eigenvalue weighted by Crippen LogP contribution is 2.25. The Labute approximate surface area is 68.3 Å². The van der Waals surface area contributed by atoms with Crippen molar-refractivity contribution in [2.75, 3.05) is 13.1 Å². The van der Waals surface area contributed by atoms with Gasteiger partial charge in [-0.1, -0.05) is 13.8 Å². The molecular weight excluding hydrogens is 136 g/mol. The summed E-state index contributed by atoms with van der Waals surface area (Å²) in [4.78, 5) is 7.07. The van der Waals surface area contributed by atoms with E-state index in [1.54, 1.807) is 0 Å². The number of nitrogens with zero attached hydrogens (tertiary/aromatic N) is 2. The SMILES string of the molecule is CC(C)C1=NCC2CCCN12. The molecule has 62 valence electrons. The Kier molecular flexibility index (Phi) is 1.63. The highest BCUT2D eigenvalue weighted by atomic mass is 15.3. The summed E-state index contributed by atoms with van der Waals surface area (Å²) in [6, 6.07) is 0.771. The van der Waals surface area contributed by atoms with Gasteiger partial charge >= 0.3 is 0 Å². The number of hydrogen-bond donors (Lipinski definition) is 0. The third-order valence-electron chi connectivity index (χ3n) is 2.65. The van der Waals surface area contributed by atoms with E-state index >= 15 is 0 Å². The molecule has 2 heterocycles. The van der Waals surface area contributed by atoms with Crippen LogP contribution in [0.15, 0.2) is 4.99 Å². The minimum atomic E-state index is 0.623. The van der Waals surface area contributed by atoms with Crippen molar-refractivity contribution in [1.82, 2.24) is 4.90 Å². The molecule has 0 spiro atoms. The molecule has 0 aromatic carbocycles. The Bertz CT molecular complexity index is 184. The lowest BCUT2D eigenvalue weighted by atomic mass is 10.2. The van der Waals surface area contributed by atoms with Crippen molar-refractivity contribution in [2.45, 2.75) is 32.7 Å². The van der Waals surface area contributed by atoms with E-state index in [0.29, 0.717) is 5.92 Å². The summed E-state index contributed by atoms with van der Waals surface area (Å²) in [7, 11) is 0. The zero-order chi connectivity index (χ0) is 7.84. The maximum atomic E-state index is 4.56. The Balaban J connectivity index is 2.12. The molecule has 1 unspecified atom stereocenters. The first kappa shape index (κ1) is 7.14. The van der Waals surface area contributed by atoms with E-state index in [1.165, 1.54) is 25.2 Å². The van der Waals surface area contributed by atoms with E-state index in [9.17, 15) is 0 Å². The first-order chi connectivity index (χ1) is 5.29. The van der Waals surface area contributed by atoms with Crippen molar-refractivity contribution in [2.24, 2.45) is 10.9 Å². The molecule has 0 aromatic heterocycles. The van der Waals surface area contributed by atoms with Gasteiger partial charge in [0.1, 0.15) is 5.84 Å². The van der Waals surface area contributed by atoms with Gasteiger partial charge in [-0.2, -0.15) is 0 Å². The molecule has 0 bridgehead atoms. The molecule has 0 aromatic rings. The Hall–Kier alpha value is -0.530. The Morgan fingerprint density at radius 1 is 1.55 bits per heavy atom. The quantitative estimate of drug-likeness (QED) is 0.556. The van der Waals surface area contributed by atoms with Gasteiger partial charge in [0.25, 0.3) is 0 Å². The Morgan fingerprint density at radius 3 is 3.09 bits per heavy atom. The van der Waals surface area contributed by atoms with Crippen LogP contribution in [0.3, 0.4) is 0 Å². The summed E-state index contributed by atoms with van der Waals surface area (Å²) in [5.41, 5.74) is 0. The molecule has 2 heteroatoms. The van der Waals surface area contributed by atoms with Crippen molar-refractivity contribution in [3.63, 3.8) is 0 Å². The minimum absolute atomic E-state index is 0.623. The van der Waals surface area contributed by atoms with Crippen LogP contribution in [0.4, 0.5) is 0 Å². The second-order valence-electron chi connectivity index (χ2n) is 3.84. The smallest absolute Gasteiger partial charge is 0.102 e. The van der Waals surface area contributed by atoms with Crippen LogP contribution >= 0.6 is 0 Å². The molecular formula is C9H16N2. The number of amidine groups is 1. The fraction of sp³-hybridized carbons (Fsp3) is 0.889. The maximum absolute atomic E-state index is 4.56. The van der Waals surface area contributed by atoms with Crippen LogP contribution in [0.1, 0.15) is 26.7 Å². The van der Waals surface area contributed by atoms with Crippen molar-refractivity contribution < 1.29 is 0 Å². The molecule has 0 saturated carbocycles. The molecule has 2 aliphatic rings. The zero-order valence-corrected chi connectivity index (χ0v) is 7.38. The predicted octanol–water partition coefficient (Wildman–Crippen LogP) is 1.52. The summed E-state index contributed by atoms with van der Waals surface area (Å²) in [6.07, 6.45) is 2.73. The molecule has 1 saturated heterocycles. The minimum Gasteiger partial charge on any atom is -0.355 e. The second kappa shape index (κ2) is 2.50. The van der Waals surface area contributed by atoms with Crippen LogP contribution < -0.4 is 0 Å². The van der Waals surface area contributed by atoms with Crippen molar-refractivity contribution in [3.05, 3.63) is 0 Å². The topological polar surface area (TPSA) is 15.6 Å². The normalized spacial score (nSPS) is 29.5. The van der Waals surface area contributed by atoms with Crippen molar-refractivity contribution in [1.29, 1.82) is 0 Å². The Morgan fingerprint density at radius 2 is 2.36 bits per heavy atom. The third-order valence-corrected chi connectivity index (χ3v) is 2.65. The monoisotopic (exact) mass is 152 g/mol. The highest BCUT2D eigenvalue weighted by Gasteiger charge is 2.32. The molecule has 0 radical (unpaired) electrons. The fourth-order valence-corrected chi connectivity index (χ4v) is 2.13. The van der Waals surface area contributed by atoms with Gasteiger partial charge in [-0.3, -0.25) is 4.99 Å². The average molecular weight is 152 g/mol. The fourth-order valence-electron chi connectivity index (χ4n) is 2.13. The molecule has 1 atom stereocenters. The number of aliphatic imine (C=N–C) groups is 1. The first-order valence-electron chi connectivity index (χ1n) is 4.60. The highest BCUT2D eigenvalue weighted by molar-refractivity contribution is 5.86. The van der Waals surface area contributed by atoms with E-state index in [1.807, 2.05) is 0 Å². The van der Waals surface area contributed by atoms with E-state index in [4.69, 9.17) is 0 Å². The van der Waals surface area contributed by atoms with Gasteiger partial charge in [0, 0.05) is 18.5 Å². The van der Waals surface area contributed by atoms with Crippen molar-refractivity contribution >= 4 is 5.84 Å². The molecule has 0 amide bonds. The van der Waals surface area contributed by atoms with Crippen LogP contribution in [-0.2, 0) is 0 Å². The van der Waals surface area contributed by atoms with Gasteiger partial charge in [-0.25, -0.2) is 0 Å². The number of hydrogen-bond acceptors (Lipinski definition) is 2.